The zero-order valence-corrected chi connectivity index (χ0v) is 29.9. The number of aliphatic hydroxyl groups excluding tert-OH is 2. The first kappa shape index (κ1) is 43.3. The Balaban J connectivity index is 3.51. The summed E-state index contributed by atoms with van der Waals surface area (Å²) in [5.74, 6) is 0.464. The van der Waals surface area contributed by atoms with Crippen LogP contribution < -0.4 is 5.32 Å². The largest absolute Gasteiger partial charge is 0.395 e. The molecule has 0 saturated carbocycles. The van der Waals surface area contributed by atoms with Crippen LogP contribution in [0.3, 0.4) is 0 Å². The molecule has 0 rings (SSSR count). The SMILES string of the molecule is CCCCCCCCCCCCCC=CC(O)C(CO)NCCCCCCCCC(=O)CCCCCCCCCCCCC. The number of ketones is 1. The van der Waals surface area contributed by atoms with E-state index in [1.54, 1.807) is 0 Å². The van der Waals surface area contributed by atoms with Crippen molar-refractivity contribution in [3.05, 3.63) is 12.2 Å². The molecule has 0 heterocycles. The van der Waals surface area contributed by atoms with E-state index in [9.17, 15) is 15.0 Å². The summed E-state index contributed by atoms with van der Waals surface area (Å²) in [7, 11) is 0. The molecular weight excluding hydrogens is 542 g/mol. The minimum absolute atomic E-state index is 0.0445. The molecule has 3 N–H and O–H groups in total. The van der Waals surface area contributed by atoms with Crippen LogP contribution in [0.15, 0.2) is 12.2 Å². The second-order valence-electron chi connectivity index (χ2n) is 13.7. The number of Topliss-reactive ketones (excluding diaryl/α,β-unsaturated/α-hetero) is 1. The van der Waals surface area contributed by atoms with Gasteiger partial charge in [-0.2, -0.15) is 0 Å². The van der Waals surface area contributed by atoms with Crippen molar-refractivity contribution in [1.29, 1.82) is 0 Å². The van der Waals surface area contributed by atoms with Gasteiger partial charge in [0, 0.05) is 12.8 Å². The molecule has 262 valence electrons. The van der Waals surface area contributed by atoms with Crippen molar-refractivity contribution in [2.75, 3.05) is 13.2 Å². The smallest absolute Gasteiger partial charge is 0.132 e. The molecule has 44 heavy (non-hydrogen) atoms. The highest BCUT2D eigenvalue weighted by Gasteiger charge is 2.14. The maximum absolute atomic E-state index is 12.2. The molecule has 0 aliphatic carbocycles. The van der Waals surface area contributed by atoms with Crippen molar-refractivity contribution >= 4 is 5.78 Å². The molecule has 0 spiro atoms. The lowest BCUT2D eigenvalue weighted by molar-refractivity contribution is -0.119. The predicted octanol–water partition coefficient (Wildman–Crippen LogP) is 11.6. The molecular formula is C40H79NO3. The van der Waals surface area contributed by atoms with Gasteiger partial charge in [0.1, 0.15) is 5.78 Å². The lowest BCUT2D eigenvalue weighted by Crippen LogP contribution is -2.42. The predicted molar refractivity (Wildman–Crippen MR) is 194 cm³/mol. The highest BCUT2D eigenvalue weighted by atomic mass is 16.3. The quantitative estimate of drug-likeness (QED) is 0.0477. The minimum Gasteiger partial charge on any atom is -0.395 e. The van der Waals surface area contributed by atoms with E-state index < -0.39 is 6.10 Å². The molecule has 0 aliphatic rings. The van der Waals surface area contributed by atoms with Crippen molar-refractivity contribution in [2.45, 2.75) is 225 Å². The second kappa shape index (κ2) is 36.8. The number of rotatable bonds is 37. The average molecular weight is 622 g/mol. The van der Waals surface area contributed by atoms with Gasteiger partial charge in [-0.25, -0.2) is 0 Å². The fraction of sp³-hybridized carbons (Fsp3) is 0.925. The van der Waals surface area contributed by atoms with Gasteiger partial charge in [-0.15, -0.1) is 0 Å². The molecule has 0 aromatic rings. The van der Waals surface area contributed by atoms with Crippen LogP contribution in [0.25, 0.3) is 0 Å². The van der Waals surface area contributed by atoms with E-state index in [-0.39, 0.29) is 12.6 Å². The van der Waals surface area contributed by atoms with Gasteiger partial charge in [0.05, 0.1) is 18.8 Å². The summed E-state index contributed by atoms with van der Waals surface area (Å²) in [6.45, 7) is 5.33. The summed E-state index contributed by atoms with van der Waals surface area (Å²) >= 11 is 0. The first-order valence-corrected chi connectivity index (χ1v) is 19.9. The molecule has 0 saturated heterocycles. The first-order chi connectivity index (χ1) is 21.7. The maximum Gasteiger partial charge on any atom is 0.132 e. The first-order valence-electron chi connectivity index (χ1n) is 19.9. The number of hydrogen-bond acceptors (Lipinski definition) is 4. The third-order valence-corrected chi connectivity index (χ3v) is 9.26. The summed E-state index contributed by atoms with van der Waals surface area (Å²) in [6.07, 6.45) is 42.2. The number of carbonyl (C=O) groups is 1. The van der Waals surface area contributed by atoms with Crippen LogP contribution >= 0.6 is 0 Å². The topological polar surface area (TPSA) is 69.6 Å². The Morgan fingerprint density at radius 1 is 0.545 bits per heavy atom. The molecule has 4 heteroatoms. The zero-order valence-electron chi connectivity index (χ0n) is 29.9. The molecule has 2 unspecified atom stereocenters. The summed E-state index contributed by atoms with van der Waals surface area (Å²) in [5, 5.41) is 23.5. The highest BCUT2D eigenvalue weighted by molar-refractivity contribution is 5.78. The van der Waals surface area contributed by atoms with Gasteiger partial charge in [0.25, 0.3) is 0 Å². The molecule has 0 radical (unpaired) electrons. The van der Waals surface area contributed by atoms with Gasteiger partial charge in [-0.3, -0.25) is 4.79 Å². The Labute approximate surface area is 276 Å². The number of unbranched alkanes of at least 4 members (excludes halogenated alkanes) is 26. The van der Waals surface area contributed by atoms with Crippen molar-refractivity contribution in [3.8, 4) is 0 Å². The molecule has 0 aromatic heterocycles. The maximum atomic E-state index is 12.2. The van der Waals surface area contributed by atoms with Gasteiger partial charge < -0.3 is 15.5 Å². The Morgan fingerprint density at radius 2 is 0.909 bits per heavy atom. The zero-order chi connectivity index (χ0) is 32.2. The molecule has 0 aliphatic heterocycles. The fourth-order valence-corrected chi connectivity index (χ4v) is 6.14. The van der Waals surface area contributed by atoms with Crippen LogP contribution in [0.2, 0.25) is 0 Å². The molecule has 4 nitrogen and oxygen atoms in total. The van der Waals surface area contributed by atoms with E-state index in [2.05, 4.69) is 25.2 Å². The van der Waals surface area contributed by atoms with Crippen molar-refractivity contribution in [1.82, 2.24) is 5.32 Å². The van der Waals surface area contributed by atoms with Gasteiger partial charge >= 0.3 is 0 Å². The lowest BCUT2D eigenvalue weighted by Gasteiger charge is -2.19. The number of nitrogens with one attached hydrogen (secondary N) is 1. The Hall–Kier alpha value is -0.710. The second-order valence-corrected chi connectivity index (χ2v) is 13.7. The molecule has 0 bridgehead atoms. The van der Waals surface area contributed by atoms with E-state index in [1.165, 1.54) is 148 Å². The third kappa shape index (κ3) is 32.7. The highest BCUT2D eigenvalue weighted by Crippen LogP contribution is 2.15. The fourth-order valence-electron chi connectivity index (χ4n) is 6.14. The van der Waals surface area contributed by atoms with E-state index in [1.807, 2.05) is 6.08 Å². The number of aliphatic hydroxyl groups is 2. The van der Waals surface area contributed by atoms with Gasteiger partial charge in [-0.05, 0) is 38.6 Å². The Kier molecular flexibility index (Phi) is 36.2. The van der Waals surface area contributed by atoms with Crippen LogP contribution in [-0.4, -0.2) is 41.3 Å². The van der Waals surface area contributed by atoms with Crippen LogP contribution in [0, 0.1) is 0 Å². The summed E-state index contributed by atoms with van der Waals surface area (Å²) in [6, 6.07) is -0.282. The van der Waals surface area contributed by atoms with E-state index in [4.69, 9.17) is 0 Å². The van der Waals surface area contributed by atoms with Crippen molar-refractivity contribution < 1.29 is 15.0 Å². The van der Waals surface area contributed by atoms with Gasteiger partial charge in [-0.1, -0.05) is 180 Å². The van der Waals surface area contributed by atoms with Crippen LogP contribution in [0.1, 0.15) is 213 Å². The summed E-state index contributed by atoms with van der Waals surface area (Å²) < 4.78 is 0. The van der Waals surface area contributed by atoms with Gasteiger partial charge in [0.2, 0.25) is 0 Å². The van der Waals surface area contributed by atoms with E-state index in [0.29, 0.717) is 5.78 Å². The third-order valence-electron chi connectivity index (χ3n) is 9.26. The van der Waals surface area contributed by atoms with Crippen LogP contribution in [-0.2, 0) is 4.79 Å². The van der Waals surface area contributed by atoms with Crippen LogP contribution in [0.4, 0.5) is 0 Å². The normalized spacial score (nSPS) is 13.2. The number of hydrogen-bond donors (Lipinski definition) is 3. The van der Waals surface area contributed by atoms with E-state index in [0.717, 1.165) is 57.9 Å². The van der Waals surface area contributed by atoms with Crippen molar-refractivity contribution in [3.63, 3.8) is 0 Å². The molecule has 0 amide bonds. The summed E-state index contributed by atoms with van der Waals surface area (Å²) in [5.41, 5.74) is 0. The monoisotopic (exact) mass is 622 g/mol. The Bertz CT molecular complexity index is 593. The van der Waals surface area contributed by atoms with Crippen molar-refractivity contribution in [2.24, 2.45) is 0 Å². The van der Waals surface area contributed by atoms with Gasteiger partial charge in [0.15, 0.2) is 0 Å². The average Bonchev–Trinajstić information content (AvgIpc) is 3.03. The summed E-state index contributed by atoms with van der Waals surface area (Å²) in [4.78, 5) is 12.2. The molecule has 0 aromatic carbocycles. The van der Waals surface area contributed by atoms with E-state index >= 15 is 0 Å². The Morgan fingerprint density at radius 3 is 1.32 bits per heavy atom. The molecule has 0 fully saturated rings. The standard InChI is InChI=1S/C40H79NO3/c1-3-5-7-9-11-13-15-16-18-20-22-27-31-35-40(44)39(37-42)41-36-32-28-24-23-26-30-34-38(43)33-29-25-21-19-17-14-12-10-8-6-4-2/h31,35,39-42,44H,3-30,32-34,36-37H2,1-2H3. The molecule has 2 atom stereocenters. The number of carbonyl (C=O) groups excluding carboxylic acids is 1. The lowest BCUT2D eigenvalue weighted by atomic mass is 10.0. The van der Waals surface area contributed by atoms with Crippen LogP contribution in [0.5, 0.6) is 0 Å². The number of allylic oxidation sites excluding steroid dienone is 1. The minimum atomic E-state index is -0.629.